The van der Waals surface area contributed by atoms with E-state index < -0.39 is 0 Å². The van der Waals surface area contributed by atoms with Crippen LogP contribution in [0, 0.1) is 0 Å². The molecule has 2 aromatic rings. The number of benzene rings is 2. The number of hydrogen-bond acceptors (Lipinski definition) is 1. The van der Waals surface area contributed by atoms with Gasteiger partial charge < -0.3 is 4.74 Å². The SMILES string of the molecule is ClCCCOC(c1ccccc1)c1ccccc1Cl. The first kappa shape index (κ1) is 14.4. The fourth-order valence-corrected chi connectivity index (χ4v) is 2.28. The van der Waals surface area contributed by atoms with Crippen LogP contribution in [0.5, 0.6) is 0 Å². The summed E-state index contributed by atoms with van der Waals surface area (Å²) >= 11 is 12.0. The summed E-state index contributed by atoms with van der Waals surface area (Å²) in [4.78, 5) is 0. The lowest BCUT2D eigenvalue weighted by molar-refractivity contribution is 0.0811. The van der Waals surface area contributed by atoms with Crippen molar-refractivity contribution in [2.75, 3.05) is 12.5 Å². The molecule has 19 heavy (non-hydrogen) atoms. The third kappa shape index (κ3) is 3.97. The summed E-state index contributed by atoms with van der Waals surface area (Å²) < 4.78 is 5.97. The van der Waals surface area contributed by atoms with Gasteiger partial charge in [0.1, 0.15) is 6.10 Å². The molecule has 2 aromatic carbocycles. The molecule has 0 saturated carbocycles. The summed E-state index contributed by atoms with van der Waals surface area (Å²) in [7, 11) is 0. The monoisotopic (exact) mass is 294 g/mol. The molecular weight excluding hydrogens is 279 g/mol. The van der Waals surface area contributed by atoms with Crippen LogP contribution in [0.15, 0.2) is 54.6 Å². The summed E-state index contributed by atoms with van der Waals surface area (Å²) in [5.41, 5.74) is 2.09. The fraction of sp³-hybridized carbons (Fsp3) is 0.250. The summed E-state index contributed by atoms with van der Waals surface area (Å²) in [5, 5.41) is 0.724. The minimum atomic E-state index is -0.141. The molecule has 0 fully saturated rings. The van der Waals surface area contributed by atoms with Crippen molar-refractivity contribution in [2.45, 2.75) is 12.5 Å². The second kappa shape index (κ2) is 7.54. The van der Waals surface area contributed by atoms with Crippen LogP contribution >= 0.6 is 23.2 Å². The van der Waals surface area contributed by atoms with E-state index in [1.165, 1.54) is 0 Å². The van der Waals surface area contributed by atoms with E-state index in [0.29, 0.717) is 12.5 Å². The van der Waals surface area contributed by atoms with Gasteiger partial charge in [-0.25, -0.2) is 0 Å². The molecule has 0 spiro atoms. The Kier molecular flexibility index (Phi) is 5.71. The molecule has 0 aliphatic rings. The molecule has 1 unspecified atom stereocenters. The zero-order valence-corrected chi connectivity index (χ0v) is 12.1. The van der Waals surface area contributed by atoms with Gasteiger partial charge in [-0.15, -0.1) is 11.6 Å². The predicted molar refractivity (Wildman–Crippen MR) is 81.0 cm³/mol. The van der Waals surface area contributed by atoms with Crippen LogP contribution in [0.1, 0.15) is 23.7 Å². The molecule has 2 rings (SSSR count). The maximum Gasteiger partial charge on any atom is 0.109 e. The van der Waals surface area contributed by atoms with Crippen LogP contribution < -0.4 is 0 Å². The highest BCUT2D eigenvalue weighted by molar-refractivity contribution is 6.31. The Balaban J connectivity index is 2.27. The van der Waals surface area contributed by atoms with Crippen molar-refractivity contribution in [3.63, 3.8) is 0 Å². The second-order valence-corrected chi connectivity index (χ2v) is 5.01. The Morgan fingerprint density at radius 3 is 2.32 bits per heavy atom. The van der Waals surface area contributed by atoms with Crippen molar-refractivity contribution in [3.05, 3.63) is 70.7 Å². The standard InChI is InChI=1S/C16H16Cl2O/c17-11-6-12-19-16(13-7-2-1-3-8-13)14-9-4-5-10-15(14)18/h1-5,7-10,16H,6,11-12H2. The lowest BCUT2D eigenvalue weighted by Crippen LogP contribution is -2.08. The van der Waals surface area contributed by atoms with E-state index in [9.17, 15) is 0 Å². The van der Waals surface area contributed by atoms with E-state index in [4.69, 9.17) is 27.9 Å². The number of alkyl halides is 1. The second-order valence-electron chi connectivity index (χ2n) is 4.23. The van der Waals surface area contributed by atoms with Crippen LogP contribution in [0.3, 0.4) is 0 Å². The molecular formula is C16H16Cl2O. The first-order chi connectivity index (χ1) is 9.33. The summed E-state index contributed by atoms with van der Waals surface area (Å²) in [6.07, 6.45) is 0.688. The molecule has 100 valence electrons. The third-order valence-electron chi connectivity index (χ3n) is 2.85. The van der Waals surface area contributed by atoms with Gasteiger partial charge in [0, 0.05) is 23.1 Å². The van der Waals surface area contributed by atoms with Gasteiger partial charge in [0.2, 0.25) is 0 Å². The molecule has 3 heteroatoms. The summed E-state index contributed by atoms with van der Waals surface area (Å²) in [6, 6.07) is 17.9. The van der Waals surface area contributed by atoms with E-state index in [0.717, 1.165) is 22.6 Å². The van der Waals surface area contributed by atoms with Gasteiger partial charge in [-0.2, -0.15) is 0 Å². The van der Waals surface area contributed by atoms with E-state index in [2.05, 4.69) is 12.1 Å². The van der Waals surface area contributed by atoms with Gasteiger partial charge in [-0.05, 0) is 18.1 Å². The molecule has 1 atom stereocenters. The highest BCUT2D eigenvalue weighted by Crippen LogP contribution is 2.31. The molecule has 0 aliphatic carbocycles. The van der Waals surface area contributed by atoms with Crippen LogP contribution in [-0.2, 0) is 4.74 Å². The Hall–Kier alpha value is -1.02. The highest BCUT2D eigenvalue weighted by atomic mass is 35.5. The molecule has 0 heterocycles. The molecule has 0 saturated heterocycles. The largest absolute Gasteiger partial charge is 0.369 e. The first-order valence-corrected chi connectivity index (χ1v) is 7.21. The van der Waals surface area contributed by atoms with Gasteiger partial charge in [0.15, 0.2) is 0 Å². The Bertz CT molecular complexity index is 499. The van der Waals surface area contributed by atoms with Crippen molar-refractivity contribution < 1.29 is 4.74 Å². The van der Waals surface area contributed by atoms with E-state index in [-0.39, 0.29) is 6.10 Å². The number of halogens is 2. The Morgan fingerprint density at radius 1 is 0.947 bits per heavy atom. The predicted octanol–water partition coefficient (Wildman–Crippen LogP) is 5.07. The van der Waals surface area contributed by atoms with E-state index in [1.54, 1.807) is 0 Å². The van der Waals surface area contributed by atoms with Gasteiger partial charge in [-0.3, -0.25) is 0 Å². The van der Waals surface area contributed by atoms with Crippen LogP contribution in [0.25, 0.3) is 0 Å². The molecule has 0 aromatic heterocycles. The quantitative estimate of drug-likeness (QED) is 0.533. The van der Waals surface area contributed by atoms with E-state index >= 15 is 0 Å². The highest BCUT2D eigenvalue weighted by Gasteiger charge is 2.16. The number of rotatable bonds is 6. The maximum absolute atomic E-state index is 6.28. The van der Waals surface area contributed by atoms with Crippen LogP contribution in [0.4, 0.5) is 0 Å². The zero-order valence-electron chi connectivity index (χ0n) is 10.6. The minimum Gasteiger partial charge on any atom is -0.369 e. The zero-order chi connectivity index (χ0) is 13.5. The molecule has 0 amide bonds. The number of ether oxygens (including phenoxy) is 1. The first-order valence-electron chi connectivity index (χ1n) is 6.30. The van der Waals surface area contributed by atoms with Crippen molar-refractivity contribution in [1.82, 2.24) is 0 Å². The normalized spacial score (nSPS) is 12.3. The average molecular weight is 295 g/mol. The van der Waals surface area contributed by atoms with Crippen LogP contribution in [-0.4, -0.2) is 12.5 Å². The fourth-order valence-electron chi connectivity index (χ4n) is 1.94. The minimum absolute atomic E-state index is 0.141. The van der Waals surface area contributed by atoms with Gasteiger partial charge >= 0.3 is 0 Å². The molecule has 1 nitrogen and oxygen atoms in total. The van der Waals surface area contributed by atoms with E-state index in [1.807, 2.05) is 42.5 Å². The maximum atomic E-state index is 6.28. The van der Waals surface area contributed by atoms with Crippen molar-refractivity contribution in [1.29, 1.82) is 0 Å². The smallest absolute Gasteiger partial charge is 0.109 e. The summed E-state index contributed by atoms with van der Waals surface area (Å²) in [6.45, 7) is 0.619. The lowest BCUT2D eigenvalue weighted by atomic mass is 10.0. The van der Waals surface area contributed by atoms with Gasteiger partial charge in [0.05, 0.1) is 0 Å². The topological polar surface area (TPSA) is 9.23 Å². The number of hydrogen-bond donors (Lipinski definition) is 0. The molecule has 0 radical (unpaired) electrons. The lowest BCUT2D eigenvalue weighted by Gasteiger charge is -2.20. The van der Waals surface area contributed by atoms with Crippen LogP contribution in [0.2, 0.25) is 5.02 Å². The van der Waals surface area contributed by atoms with Gasteiger partial charge in [-0.1, -0.05) is 60.1 Å². The molecule has 0 bridgehead atoms. The molecule has 0 aliphatic heterocycles. The van der Waals surface area contributed by atoms with Crippen molar-refractivity contribution in [2.24, 2.45) is 0 Å². The Morgan fingerprint density at radius 2 is 1.63 bits per heavy atom. The van der Waals surface area contributed by atoms with Crippen molar-refractivity contribution in [3.8, 4) is 0 Å². The van der Waals surface area contributed by atoms with Crippen molar-refractivity contribution >= 4 is 23.2 Å². The summed E-state index contributed by atoms with van der Waals surface area (Å²) in [5.74, 6) is 0.601. The Labute approximate surface area is 124 Å². The van der Waals surface area contributed by atoms with Gasteiger partial charge in [0.25, 0.3) is 0 Å². The third-order valence-corrected chi connectivity index (χ3v) is 3.46. The molecule has 0 N–H and O–H groups in total. The average Bonchev–Trinajstić information content (AvgIpc) is 2.46.